The Kier molecular flexibility index (Phi) is 4.14. The third kappa shape index (κ3) is 3.01. The van der Waals surface area contributed by atoms with Crippen LogP contribution in [0.5, 0.6) is 0 Å². The summed E-state index contributed by atoms with van der Waals surface area (Å²) in [6, 6.07) is 0.249. The number of aliphatic hydroxyl groups excluding tert-OH is 1. The van der Waals surface area contributed by atoms with Gasteiger partial charge in [-0.2, -0.15) is 0 Å². The van der Waals surface area contributed by atoms with E-state index in [1.807, 2.05) is 0 Å². The van der Waals surface area contributed by atoms with E-state index in [4.69, 9.17) is 10.8 Å². The molecule has 4 N–H and O–H groups in total. The number of piperidine rings is 1. The summed E-state index contributed by atoms with van der Waals surface area (Å²) in [6.07, 6.45) is 1.42. The van der Waals surface area contributed by atoms with E-state index >= 15 is 0 Å². The van der Waals surface area contributed by atoms with Gasteiger partial charge in [0, 0.05) is 12.6 Å². The molecule has 4 heteroatoms. The Morgan fingerprint density at radius 2 is 2.11 bits per heavy atom. The van der Waals surface area contributed by atoms with E-state index in [0.29, 0.717) is 0 Å². The molecule has 1 fully saturated rings. The molecule has 1 saturated heterocycles. The van der Waals surface area contributed by atoms with E-state index in [2.05, 4.69) is 5.32 Å². The fourth-order valence-electron chi connectivity index (χ4n) is 0.863. The van der Waals surface area contributed by atoms with Crippen molar-refractivity contribution in [2.24, 2.45) is 5.73 Å². The number of rotatable bonds is 0. The minimum absolute atomic E-state index is 0. The van der Waals surface area contributed by atoms with Gasteiger partial charge < -0.3 is 10.8 Å². The first-order chi connectivity index (χ1) is 3.79. The van der Waals surface area contributed by atoms with Gasteiger partial charge in [-0.05, 0) is 12.8 Å². The summed E-state index contributed by atoms with van der Waals surface area (Å²) >= 11 is 0. The zero-order valence-electron chi connectivity index (χ0n) is 5.21. The van der Waals surface area contributed by atoms with Crippen LogP contribution in [0.2, 0.25) is 0 Å². The predicted octanol–water partition coefficient (Wildman–Crippen LogP) is -0.563. The molecule has 3 nitrogen and oxygen atoms in total. The minimum Gasteiger partial charge on any atom is -0.379 e. The van der Waals surface area contributed by atoms with Crippen LogP contribution in [-0.4, -0.2) is 23.9 Å². The van der Waals surface area contributed by atoms with E-state index < -0.39 is 0 Å². The molecule has 2 atom stereocenters. The van der Waals surface area contributed by atoms with Crippen molar-refractivity contribution >= 4 is 12.4 Å². The molecule has 1 heterocycles. The van der Waals surface area contributed by atoms with E-state index in [1.54, 1.807) is 0 Å². The number of hydrogen-bond donors (Lipinski definition) is 3. The number of aliphatic hydroxyl groups is 1. The fraction of sp³-hybridized carbons (Fsp3) is 1.00. The topological polar surface area (TPSA) is 58.3 Å². The maximum Gasteiger partial charge on any atom is 0.105 e. The van der Waals surface area contributed by atoms with Crippen LogP contribution in [0.25, 0.3) is 0 Å². The Bertz CT molecular complexity index is 63.4. The van der Waals surface area contributed by atoms with Crippen LogP contribution < -0.4 is 11.1 Å². The van der Waals surface area contributed by atoms with Crippen LogP contribution in [0, 0.1) is 0 Å². The van der Waals surface area contributed by atoms with Crippen LogP contribution in [0.1, 0.15) is 12.8 Å². The zero-order chi connectivity index (χ0) is 5.98. The second-order valence-corrected chi connectivity index (χ2v) is 2.26. The molecule has 2 unspecified atom stereocenters. The summed E-state index contributed by atoms with van der Waals surface area (Å²) in [5, 5.41) is 11.7. The van der Waals surface area contributed by atoms with E-state index in [1.165, 1.54) is 0 Å². The first kappa shape index (κ1) is 9.17. The summed E-state index contributed by atoms with van der Waals surface area (Å²) < 4.78 is 0. The molecule has 0 saturated carbocycles. The molecule has 0 aromatic rings. The molecule has 56 valence electrons. The molecule has 0 aromatic heterocycles. The highest BCUT2D eigenvalue weighted by molar-refractivity contribution is 5.85. The van der Waals surface area contributed by atoms with Gasteiger partial charge in [-0.1, -0.05) is 0 Å². The monoisotopic (exact) mass is 152 g/mol. The van der Waals surface area contributed by atoms with Crippen molar-refractivity contribution in [3.05, 3.63) is 0 Å². The van der Waals surface area contributed by atoms with Gasteiger partial charge in [0.15, 0.2) is 0 Å². The van der Waals surface area contributed by atoms with Crippen molar-refractivity contribution in [1.29, 1.82) is 0 Å². The van der Waals surface area contributed by atoms with Gasteiger partial charge in [-0.25, -0.2) is 0 Å². The summed E-state index contributed by atoms with van der Waals surface area (Å²) in [4.78, 5) is 0. The highest BCUT2D eigenvalue weighted by atomic mass is 35.5. The van der Waals surface area contributed by atoms with Gasteiger partial charge in [-0.15, -0.1) is 12.4 Å². The molecule has 1 rings (SSSR count). The molecule has 0 aliphatic carbocycles. The first-order valence-electron chi connectivity index (χ1n) is 2.96. The lowest BCUT2D eigenvalue weighted by Crippen LogP contribution is -2.45. The average Bonchev–Trinajstić information content (AvgIpc) is 1.77. The second kappa shape index (κ2) is 4.06. The third-order valence-corrected chi connectivity index (χ3v) is 1.43. The highest BCUT2D eigenvalue weighted by Crippen LogP contribution is 2.02. The summed E-state index contributed by atoms with van der Waals surface area (Å²) in [5.41, 5.74) is 5.52. The SMILES string of the molecule is Cl.NC1CCC(O)NC1. The van der Waals surface area contributed by atoms with Crippen LogP contribution >= 0.6 is 12.4 Å². The Morgan fingerprint density at radius 1 is 1.44 bits per heavy atom. The Morgan fingerprint density at radius 3 is 2.44 bits per heavy atom. The Hall–Kier alpha value is 0.170. The molecule has 0 spiro atoms. The van der Waals surface area contributed by atoms with Gasteiger partial charge in [0.25, 0.3) is 0 Å². The van der Waals surface area contributed by atoms with Gasteiger partial charge in [-0.3, -0.25) is 5.32 Å². The van der Waals surface area contributed by atoms with Crippen molar-refractivity contribution in [3.8, 4) is 0 Å². The quantitative estimate of drug-likeness (QED) is 0.436. The lowest BCUT2D eigenvalue weighted by molar-refractivity contribution is 0.101. The van der Waals surface area contributed by atoms with Gasteiger partial charge >= 0.3 is 0 Å². The van der Waals surface area contributed by atoms with Crippen molar-refractivity contribution in [2.75, 3.05) is 6.54 Å². The van der Waals surface area contributed by atoms with Gasteiger partial charge in [0.2, 0.25) is 0 Å². The maximum atomic E-state index is 8.86. The van der Waals surface area contributed by atoms with Crippen LogP contribution in [-0.2, 0) is 0 Å². The first-order valence-corrected chi connectivity index (χ1v) is 2.96. The normalized spacial score (nSPS) is 35.3. The van der Waals surface area contributed by atoms with Crippen molar-refractivity contribution < 1.29 is 5.11 Å². The van der Waals surface area contributed by atoms with Gasteiger partial charge in [0.05, 0.1) is 0 Å². The molecule has 0 aromatic carbocycles. The Balaban J connectivity index is 0.000000640. The van der Waals surface area contributed by atoms with Crippen molar-refractivity contribution in [1.82, 2.24) is 5.32 Å². The minimum atomic E-state index is -0.310. The standard InChI is InChI=1S/C5H12N2O.ClH/c6-4-1-2-5(8)7-3-4;/h4-5,7-8H,1-3,6H2;1H. The fourth-order valence-corrected chi connectivity index (χ4v) is 0.863. The van der Waals surface area contributed by atoms with E-state index in [9.17, 15) is 0 Å². The largest absolute Gasteiger partial charge is 0.379 e. The molecule has 1 aliphatic heterocycles. The molecular formula is C5H13ClN2O. The van der Waals surface area contributed by atoms with E-state index in [-0.39, 0.29) is 24.7 Å². The Labute approximate surface area is 61.0 Å². The van der Waals surface area contributed by atoms with Crippen LogP contribution in [0.4, 0.5) is 0 Å². The number of hydrogen-bond acceptors (Lipinski definition) is 3. The summed E-state index contributed by atoms with van der Waals surface area (Å²) in [7, 11) is 0. The average molecular weight is 153 g/mol. The molecular weight excluding hydrogens is 140 g/mol. The lowest BCUT2D eigenvalue weighted by Gasteiger charge is -2.23. The summed E-state index contributed by atoms with van der Waals surface area (Å²) in [5.74, 6) is 0. The smallest absolute Gasteiger partial charge is 0.105 e. The van der Waals surface area contributed by atoms with Crippen molar-refractivity contribution in [2.45, 2.75) is 25.1 Å². The van der Waals surface area contributed by atoms with Crippen LogP contribution in [0.15, 0.2) is 0 Å². The zero-order valence-corrected chi connectivity index (χ0v) is 6.03. The third-order valence-electron chi connectivity index (χ3n) is 1.43. The van der Waals surface area contributed by atoms with Crippen LogP contribution in [0.3, 0.4) is 0 Å². The summed E-state index contributed by atoms with van der Waals surface area (Å²) in [6.45, 7) is 0.751. The van der Waals surface area contributed by atoms with E-state index in [0.717, 1.165) is 19.4 Å². The van der Waals surface area contributed by atoms with Crippen molar-refractivity contribution in [3.63, 3.8) is 0 Å². The number of nitrogens with one attached hydrogen (secondary N) is 1. The molecule has 0 bridgehead atoms. The molecule has 9 heavy (non-hydrogen) atoms. The molecule has 0 radical (unpaired) electrons. The van der Waals surface area contributed by atoms with Gasteiger partial charge in [0.1, 0.15) is 6.23 Å². The highest BCUT2D eigenvalue weighted by Gasteiger charge is 2.13. The number of halogens is 1. The molecule has 1 aliphatic rings. The number of nitrogens with two attached hydrogens (primary N) is 1. The second-order valence-electron chi connectivity index (χ2n) is 2.26. The molecule has 0 amide bonds. The predicted molar refractivity (Wildman–Crippen MR) is 38.5 cm³/mol. The maximum absolute atomic E-state index is 8.86. The lowest BCUT2D eigenvalue weighted by atomic mass is 10.1.